The topological polar surface area (TPSA) is 79.9 Å². The molecule has 2 aromatic carbocycles. The summed E-state index contributed by atoms with van der Waals surface area (Å²) >= 11 is 25.1. The largest absolute Gasteiger partial charge is 0.486 e. The van der Waals surface area contributed by atoms with Crippen LogP contribution in [-0.4, -0.2) is 26.3 Å². The fraction of sp³-hybridized carbons (Fsp3) is 0.167. The molecule has 1 amide bonds. The van der Waals surface area contributed by atoms with Crippen LogP contribution in [-0.2, 0) is 11.4 Å². The lowest BCUT2D eigenvalue weighted by Crippen LogP contribution is -2.23. The van der Waals surface area contributed by atoms with Crippen LogP contribution in [0.3, 0.4) is 0 Å². The van der Waals surface area contributed by atoms with Gasteiger partial charge in [-0.15, -0.1) is 5.10 Å². The minimum atomic E-state index is -0.501. The molecule has 0 aliphatic carbocycles. The highest BCUT2D eigenvalue weighted by Crippen LogP contribution is 2.34. The molecular formula is C18H14Cl4N4O2S. The second kappa shape index (κ2) is 9.91. The fourth-order valence-electron chi connectivity index (χ4n) is 2.18. The fourth-order valence-corrected chi connectivity index (χ4v) is 3.96. The Morgan fingerprint density at radius 1 is 1.14 bits per heavy atom. The number of rotatable bonds is 7. The lowest BCUT2D eigenvalue weighted by molar-refractivity contribution is -0.115. The Hall–Kier alpha value is -1.64. The van der Waals surface area contributed by atoms with E-state index in [9.17, 15) is 4.79 Å². The van der Waals surface area contributed by atoms with Gasteiger partial charge in [0, 0.05) is 10.0 Å². The predicted molar refractivity (Wildman–Crippen MR) is 118 cm³/mol. The monoisotopic (exact) mass is 490 g/mol. The number of thioether (sulfide) groups is 1. The molecule has 0 bridgehead atoms. The van der Waals surface area contributed by atoms with E-state index < -0.39 is 5.25 Å². The van der Waals surface area contributed by atoms with Crippen molar-refractivity contribution in [3.63, 3.8) is 0 Å². The molecule has 1 unspecified atom stereocenters. The first-order valence-corrected chi connectivity index (χ1v) is 10.6. The molecule has 2 N–H and O–H groups in total. The molecule has 3 aromatic rings. The van der Waals surface area contributed by atoms with Crippen LogP contribution in [0.15, 0.2) is 41.6 Å². The molecule has 0 fully saturated rings. The first-order valence-electron chi connectivity index (χ1n) is 8.23. The van der Waals surface area contributed by atoms with Gasteiger partial charge < -0.3 is 10.1 Å². The Morgan fingerprint density at radius 2 is 1.79 bits per heavy atom. The molecule has 1 atom stereocenters. The van der Waals surface area contributed by atoms with Crippen LogP contribution >= 0.6 is 58.2 Å². The summed E-state index contributed by atoms with van der Waals surface area (Å²) in [5, 5.41) is 11.0. The number of hydrogen-bond donors (Lipinski definition) is 2. The average molecular weight is 492 g/mol. The number of nitrogens with zero attached hydrogens (tertiary/aromatic N) is 2. The number of H-pyrrole nitrogens is 1. The summed E-state index contributed by atoms with van der Waals surface area (Å²) in [6.07, 6.45) is 0. The number of aromatic nitrogens is 3. The molecule has 0 saturated heterocycles. The number of carbonyl (C=O) groups is 1. The Morgan fingerprint density at radius 3 is 2.45 bits per heavy atom. The zero-order valence-electron chi connectivity index (χ0n) is 14.9. The van der Waals surface area contributed by atoms with E-state index in [4.69, 9.17) is 51.1 Å². The molecule has 3 rings (SSSR count). The van der Waals surface area contributed by atoms with E-state index in [1.165, 1.54) is 23.9 Å². The molecule has 0 radical (unpaired) electrons. The number of carbonyl (C=O) groups excluding carboxylic acids is 1. The van der Waals surface area contributed by atoms with Gasteiger partial charge in [-0.25, -0.2) is 4.98 Å². The number of aromatic amines is 1. The van der Waals surface area contributed by atoms with Crippen molar-refractivity contribution >= 4 is 69.8 Å². The number of benzene rings is 2. The van der Waals surface area contributed by atoms with Crippen molar-refractivity contribution in [2.75, 3.05) is 5.32 Å². The summed E-state index contributed by atoms with van der Waals surface area (Å²) < 4.78 is 5.61. The van der Waals surface area contributed by atoms with Crippen LogP contribution in [0.2, 0.25) is 20.1 Å². The van der Waals surface area contributed by atoms with Gasteiger partial charge in [0.05, 0.1) is 21.0 Å². The number of hydrogen-bond acceptors (Lipinski definition) is 5. The van der Waals surface area contributed by atoms with Gasteiger partial charge in [0.25, 0.3) is 0 Å². The summed E-state index contributed by atoms with van der Waals surface area (Å²) in [7, 11) is 0. The Balaban J connectivity index is 1.56. The molecule has 11 heteroatoms. The van der Waals surface area contributed by atoms with Crippen LogP contribution in [0.1, 0.15) is 12.7 Å². The van der Waals surface area contributed by atoms with Crippen molar-refractivity contribution in [3.8, 4) is 5.75 Å². The van der Waals surface area contributed by atoms with Crippen LogP contribution in [0.4, 0.5) is 5.69 Å². The molecular weight excluding hydrogens is 478 g/mol. The van der Waals surface area contributed by atoms with E-state index in [0.29, 0.717) is 32.5 Å². The van der Waals surface area contributed by atoms with Gasteiger partial charge in [-0.2, -0.15) is 0 Å². The van der Waals surface area contributed by atoms with Gasteiger partial charge in [-0.05, 0) is 43.3 Å². The standard InChI is InChI=1S/C18H14Cl4N4O2S/c1-9(17(27)24-16-13(21)6-11(20)7-14(16)22)29-18-23-15(25-26-18)8-28-12-4-2-10(19)3-5-12/h2-7,9H,8H2,1H3,(H,24,27)(H,23,25,26). The molecule has 0 saturated carbocycles. The highest BCUT2D eigenvalue weighted by atomic mass is 35.5. The van der Waals surface area contributed by atoms with E-state index in [0.717, 1.165) is 0 Å². The highest BCUT2D eigenvalue weighted by Gasteiger charge is 2.20. The van der Waals surface area contributed by atoms with E-state index >= 15 is 0 Å². The minimum absolute atomic E-state index is 0.200. The molecule has 152 valence electrons. The Bertz CT molecular complexity index is 990. The summed E-state index contributed by atoms with van der Waals surface area (Å²) in [4.78, 5) is 16.8. The van der Waals surface area contributed by atoms with Gasteiger partial charge >= 0.3 is 0 Å². The van der Waals surface area contributed by atoms with E-state index in [1.54, 1.807) is 31.2 Å². The lowest BCUT2D eigenvalue weighted by atomic mass is 10.3. The maximum Gasteiger partial charge on any atom is 0.237 e. The van der Waals surface area contributed by atoms with Gasteiger partial charge in [0.2, 0.25) is 11.1 Å². The number of amides is 1. The first-order chi connectivity index (χ1) is 13.8. The van der Waals surface area contributed by atoms with Gasteiger partial charge in [0.15, 0.2) is 5.82 Å². The normalized spacial score (nSPS) is 11.9. The summed E-state index contributed by atoms with van der Waals surface area (Å²) in [6.45, 7) is 1.92. The molecule has 1 heterocycles. The maximum absolute atomic E-state index is 12.5. The van der Waals surface area contributed by atoms with Crippen LogP contribution in [0.5, 0.6) is 5.75 Å². The SMILES string of the molecule is CC(Sc1n[nH]c(COc2ccc(Cl)cc2)n1)C(=O)Nc1c(Cl)cc(Cl)cc1Cl. The van der Waals surface area contributed by atoms with Crippen molar-refractivity contribution in [2.45, 2.75) is 23.9 Å². The number of ether oxygens (including phenoxy) is 1. The van der Waals surface area contributed by atoms with Crippen molar-refractivity contribution in [2.24, 2.45) is 0 Å². The van der Waals surface area contributed by atoms with Crippen molar-refractivity contribution in [1.82, 2.24) is 15.2 Å². The molecule has 29 heavy (non-hydrogen) atoms. The van der Waals surface area contributed by atoms with Crippen molar-refractivity contribution in [3.05, 3.63) is 62.3 Å². The molecule has 6 nitrogen and oxygen atoms in total. The summed E-state index contributed by atoms with van der Waals surface area (Å²) in [5.74, 6) is 0.883. The van der Waals surface area contributed by atoms with Crippen LogP contribution < -0.4 is 10.1 Å². The van der Waals surface area contributed by atoms with Crippen LogP contribution in [0, 0.1) is 0 Å². The van der Waals surface area contributed by atoms with E-state index in [2.05, 4.69) is 20.5 Å². The third-order valence-electron chi connectivity index (χ3n) is 3.61. The minimum Gasteiger partial charge on any atom is -0.486 e. The van der Waals surface area contributed by atoms with Gasteiger partial charge in [0.1, 0.15) is 12.4 Å². The van der Waals surface area contributed by atoms with Crippen molar-refractivity contribution < 1.29 is 9.53 Å². The number of halogens is 4. The quantitative estimate of drug-likeness (QED) is 0.389. The smallest absolute Gasteiger partial charge is 0.237 e. The summed E-state index contributed by atoms with van der Waals surface area (Å²) in [5.41, 5.74) is 0.308. The van der Waals surface area contributed by atoms with Crippen LogP contribution in [0.25, 0.3) is 0 Å². The zero-order chi connectivity index (χ0) is 21.0. The number of anilines is 1. The lowest BCUT2D eigenvalue weighted by Gasteiger charge is -2.13. The predicted octanol–water partition coefficient (Wildman–Crippen LogP) is 6.12. The van der Waals surface area contributed by atoms with E-state index in [-0.39, 0.29) is 22.6 Å². The number of nitrogens with one attached hydrogen (secondary N) is 2. The van der Waals surface area contributed by atoms with Gasteiger partial charge in [-0.3, -0.25) is 9.89 Å². The van der Waals surface area contributed by atoms with Crippen molar-refractivity contribution in [1.29, 1.82) is 0 Å². The third-order valence-corrected chi connectivity index (χ3v) is 5.63. The highest BCUT2D eigenvalue weighted by molar-refractivity contribution is 8.00. The second-order valence-corrected chi connectivity index (χ2v) is 8.80. The average Bonchev–Trinajstić information content (AvgIpc) is 3.11. The van der Waals surface area contributed by atoms with Gasteiger partial charge in [-0.1, -0.05) is 58.2 Å². The molecule has 0 spiro atoms. The molecule has 0 aliphatic rings. The Kier molecular flexibility index (Phi) is 7.54. The molecule has 0 aliphatic heterocycles. The maximum atomic E-state index is 12.5. The Labute approximate surface area is 191 Å². The second-order valence-electron chi connectivity index (χ2n) is 5.80. The summed E-state index contributed by atoms with van der Waals surface area (Å²) in [6, 6.07) is 9.99. The first kappa shape index (κ1) is 22.1. The zero-order valence-corrected chi connectivity index (χ0v) is 18.7. The molecule has 1 aromatic heterocycles. The van der Waals surface area contributed by atoms with E-state index in [1.807, 2.05) is 0 Å². The third kappa shape index (κ3) is 6.17.